The van der Waals surface area contributed by atoms with E-state index in [2.05, 4.69) is 156 Å². The van der Waals surface area contributed by atoms with Crippen molar-refractivity contribution in [3.05, 3.63) is 206 Å². The molecule has 0 saturated carbocycles. The van der Waals surface area contributed by atoms with E-state index in [1.165, 1.54) is 21.5 Å². The van der Waals surface area contributed by atoms with Gasteiger partial charge in [-0.15, -0.1) is 0 Å². The van der Waals surface area contributed by atoms with E-state index in [9.17, 15) is 0 Å². The molecule has 3 aromatic heterocycles. The predicted octanol–water partition coefficient (Wildman–Crippen LogP) is 14.4. The number of rotatable bonds is 6. The Morgan fingerprint density at radius 2 is 0.900 bits per heavy atom. The third-order valence-corrected chi connectivity index (χ3v) is 11.6. The van der Waals surface area contributed by atoms with Gasteiger partial charge in [0.1, 0.15) is 11.2 Å². The number of aromatic nitrogens is 4. The zero-order valence-electron chi connectivity index (χ0n) is 32.3. The summed E-state index contributed by atoms with van der Waals surface area (Å²) < 4.78 is 9.27. The Labute approximate surface area is 345 Å². The number of furan rings is 1. The summed E-state index contributed by atoms with van der Waals surface area (Å²) in [5.41, 5.74) is 11.9. The standard InChI is InChI=1S/C55H34N4O/c1-4-17-35(18-5-1)40-25-12-13-27-42(40)54-56-53(37-21-8-3-9-22-37)57-55(58-54)43-28-16-30-50-52(43)46-33-44(36-19-6-2-7-20-36)49(34-51(46)60-50)59-47-29-15-14-26-41(47)45-31-38-23-10-11-24-39(38)32-48(45)59/h1-34H. The molecule has 0 aliphatic carbocycles. The molecule has 0 bridgehead atoms. The summed E-state index contributed by atoms with van der Waals surface area (Å²) in [7, 11) is 0. The van der Waals surface area contributed by atoms with Crippen LogP contribution in [0.4, 0.5) is 0 Å². The molecule has 0 unspecified atom stereocenters. The molecule has 0 N–H and O–H groups in total. The van der Waals surface area contributed by atoms with Gasteiger partial charge in [-0.3, -0.25) is 0 Å². The van der Waals surface area contributed by atoms with Crippen molar-refractivity contribution in [1.82, 2.24) is 19.5 Å². The molecule has 5 heteroatoms. The lowest BCUT2D eigenvalue weighted by Gasteiger charge is -2.15. The van der Waals surface area contributed by atoms with Crippen LogP contribution >= 0.6 is 0 Å². The minimum atomic E-state index is 0.578. The molecule has 5 nitrogen and oxygen atoms in total. The molecule has 12 aromatic rings. The van der Waals surface area contributed by atoms with E-state index in [0.717, 1.165) is 77.6 Å². The van der Waals surface area contributed by atoms with Crippen LogP contribution < -0.4 is 0 Å². The summed E-state index contributed by atoms with van der Waals surface area (Å²) in [6.45, 7) is 0. The Balaban J connectivity index is 1.13. The Hall–Kier alpha value is -8.15. The third-order valence-electron chi connectivity index (χ3n) is 11.6. The van der Waals surface area contributed by atoms with Crippen LogP contribution in [-0.2, 0) is 0 Å². The smallest absolute Gasteiger partial charge is 0.164 e. The van der Waals surface area contributed by atoms with Crippen molar-refractivity contribution < 1.29 is 4.42 Å². The summed E-state index contributed by atoms with van der Waals surface area (Å²) in [6, 6.07) is 72.1. The average molecular weight is 767 g/mol. The molecule has 12 rings (SSSR count). The van der Waals surface area contributed by atoms with Crippen molar-refractivity contribution in [3.63, 3.8) is 0 Å². The average Bonchev–Trinajstić information content (AvgIpc) is 3.85. The van der Waals surface area contributed by atoms with Crippen LogP contribution in [0.3, 0.4) is 0 Å². The number of hydrogen-bond acceptors (Lipinski definition) is 4. The van der Waals surface area contributed by atoms with Gasteiger partial charge in [-0.25, -0.2) is 15.0 Å². The molecule has 0 saturated heterocycles. The van der Waals surface area contributed by atoms with Gasteiger partial charge >= 0.3 is 0 Å². The van der Waals surface area contributed by atoms with E-state index < -0.39 is 0 Å². The SMILES string of the molecule is c1ccc(-c2nc(-c3ccccc3-c3ccccc3)nc(-c3cccc4oc5cc(-n6c7ccccc7c7cc8ccccc8cc76)c(-c6ccccc6)cc5c34)n2)cc1. The van der Waals surface area contributed by atoms with E-state index >= 15 is 0 Å². The van der Waals surface area contributed by atoms with Gasteiger partial charge in [0.15, 0.2) is 17.5 Å². The Bertz CT molecular complexity index is 3590. The van der Waals surface area contributed by atoms with Crippen LogP contribution in [0.2, 0.25) is 0 Å². The van der Waals surface area contributed by atoms with Crippen molar-refractivity contribution in [2.24, 2.45) is 0 Å². The highest BCUT2D eigenvalue weighted by atomic mass is 16.3. The van der Waals surface area contributed by atoms with Gasteiger partial charge in [0.2, 0.25) is 0 Å². The number of nitrogens with zero attached hydrogens (tertiary/aromatic N) is 4. The minimum Gasteiger partial charge on any atom is -0.456 e. The molecular weight excluding hydrogens is 733 g/mol. The zero-order valence-corrected chi connectivity index (χ0v) is 32.3. The van der Waals surface area contributed by atoms with Crippen LogP contribution in [0.25, 0.3) is 117 Å². The first-order valence-electron chi connectivity index (χ1n) is 20.2. The third kappa shape index (κ3) is 5.52. The van der Waals surface area contributed by atoms with E-state index in [1.807, 2.05) is 54.6 Å². The summed E-state index contributed by atoms with van der Waals surface area (Å²) >= 11 is 0. The van der Waals surface area contributed by atoms with Crippen molar-refractivity contribution in [1.29, 1.82) is 0 Å². The summed E-state index contributed by atoms with van der Waals surface area (Å²) in [5.74, 6) is 1.79. The number of benzene rings is 9. The Morgan fingerprint density at radius 1 is 0.333 bits per heavy atom. The lowest BCUT2D eigenvalue weighted by atomic mass is 9.98. The Morgan fingerprint density at radius 3 is 1.65 bits per heavy atom. The normalized spacial score (nSPS) is 11.7. The summed E-state index contributed by atoms with van der Waals surface area (Å²) in [6.07, 6.45) is 0. The molecule has 0 radical (unpaired) electrons. The van der Waals surface area contributed by atoms with E-state index in [-0.39, 0.29) is 0 Å². The maximum Gasteiger partial charge on any atom is 0.164 e. The quantitative estimate of drug-likeness (QED) is 0.169. The zero-order chi connectivity index (χ0) is 39.6. The highest BCUT2D eigenvalue weighted by Gasteiger charge is 2.23. The second-order valence-electron chi connectivity index (χ2n) is 15.2. The lowest BCUT2D eigenvalue weighted by Crippen LogP contribution is -2.01. The first-order chi connectivity index (χ1) is 29.7. The van der Waals surface area contributed by atoms with Gasteiger partial charge in [0, 0.05) is 49.9 Å². The van der Waals surface area contributed by atoms with Gasteiger partial charge in [-0.05, 0) is 57.8 Å². The van der Waals surface area contributed by atoms with Gasteiger partial charge in [0.05, 0.1) is 16.7 Å². The molecule has 0 atom stereocenters. The minimum absolute atomic E-state index is 0.578. The van der Waals surface area contributed by atoms with Crippen LogP contribution in [-0.4, -0.2) is 19.5 Å². The summed E-state index contributed by atoms with van der Waals surface area (Å²) in [4.78, 5) is 15.6. The highest BCUT2D eigenvalue weighted by molar-refractivity contribution is 6.16. The fourth-order valence-electron chi connectivity index (χ4n) is 8.88. The molecule has 60 heavy (non-hydrogen) atoms. The Kier molecular flexibility index (Phi) is 7.78. The molecule has 0 spiro atoms. The first kappa shape index (κ1) is 33.9. The maximum absolute atomic E-state index is 6.86. The second kappa shape index (κ2) is 13.8. The van der Waals surface area contributed by atoms with Crippen LogP contribution in [0.15, 0.2) is 211 Å². The molecule has 9 aromatic carbocycles. The fraction of sp³-hybridized carbons (Fsp3) is 0. The number of para-hydroxylation sites is 1. The van der Waals surface area contributed by atoms with Crippen molar-refractivity contribution in [2.45, 2.75) is 0 Å². The van der Waals surface area contributed by atoms with E-state index in [4.69, 9.17) is 19.4 Å². The van der Waals surface area contributed by atoms with E-state index in [0.29, 0.717) is 17.5 Å². The van der Waals surface area contributed by atoms with Crippen LogP contribution in [0.5, 0.6) is 0 Å². The molecular formula is C55H34N4O. The van der Waals surface area contributed by atoms with Crippen molar-refractivity contribution in [3.8, 4) is 62.1 Å². The topological polar surface area (TPSA) is 56.7 Å². The monoisotopic (exact) mass is 766 g/mol. The van der Waals surface area contributed by atoms with Crippen molar-refractivity contribution in [2.75, 3.05) is 0 Å². The molecule has 0 amide bonds. The van der Waals surface area contributed by atoms with Gasteiger partial charge in [0.25, 0.3) is 0 Å². The second-order valence-corrected chi connectivity index (χ2v) is 15.2. The largest absolute Gasteiger partial charge is 0.456 e. The number of fused-ring (bicyclic) bond motifs is 7. The van der Waals surface area contributed by atoms with Crippen molar-refractivity contribution >= 4 is 54.5 Å². The number of hydrogen-bond donors (Lipinski definition) is 0. The van der Waals surface area contributed by atoms with Gasteiger partial charge < -0.3 is 8.98 Å². The van der Waals surface area contributed by atoms with Crippen LogP contribution in [0.1, 0.15) is 0 Å². The van der Waals surface area contributed by atoms with E-state index in [1.54, 1.807) is 0 Å². The maximum atomic E-state index is 6.86. The molecule has 0 aliphatic heterocycles. The fourth-order valence-corrected chi connectivity index (χ4v) is 8.88. The first-order valence-corrected chi connectivity index (χ1v) is 20.2. The molecule has 0 fully saturated rings. The molecule has 3 heterocycles. The molecule has 280 valence electrons. The lowest BCUT2D eigenvalue weighted by molar-refractivity contribution is 0.668. The highest BCUT2D eigenvalue weighted by Crippen LogP contribution is 2.44. The van der Waals surface area contributed by atoms with Gasteiger partial charge in [-0.1, -0.05) is 170 Å². The predicted molar refractivity (Wildman–Crippen MR) is 246 cm³/mol. The molecule has 0 aliphatic rings. The van der Waals surface area contributed by atoms with Crippen LogP contribution in [0, 0.1) is 0 Å². The summed E-state index contributed by atoms with van der Waals surface area (Å²) in [5, 5.41) is 6.78. The van der Waals surface area contributed by atoms with Gasteiger partial charge in [-0.2, -0.15) is 0 Å².